The first-order valence-corrected chi connectivity index (χ1v) is 6.38. The lowest BCUT2D eigenvalue weighted by Gasteiger charge is -2.06. The molecule has 0 radical (unpaired) electrons. The van der Waals surface area contributed by atoms with Crippen LogP contribution in [0, 0.1) is 11.6 Å². The number of carbonyl (C=O) groups is 1. The van der Waals surface area contributed by atoms with Gasteiger partial charge in [-0.1, -0.05) is 6.07 Å². The summed E-state index contributed by atoms with van der Waals surface area (Å²) in [5.41, 5.74) is 0.321. The van der Waals surface area contributed by atoms with Crippen LogP contribution in [0.2, 0.25) is 0 Å². The highest BCUT2D eigenvalue weighted by Crippen LogP contribution is 2.09. The third-order valence-electron chi connectivity index (χ3n) is 2.70. The third-order valence-corrected chi connectivity index (χ3v) is 2.70. The Labute approximate surface area is 120 Å². The molecule has 110 valence electrons. The maximum Gasteiger partial charge on any atom is 0.271 e. The van der Waals surface area contributed by atoms with E-state index in [0.717, 1.165) is 12.1 Å². The van der Waals surface area contributed by atoms with E-state index in [9.17, 15) is 13.6 Å². The van der Waals surface area contributed by atoms with Gasteiger partial charge in [-0.2, -0.15) is 0 Å². The minimum Gasteiger partial charge on any atom is -0.369 e. The van der Waals surface area contributed by atoms with Gasteiger partial charge >= 0.3 is 0 Å². The summed E-state index contributed by atoms with van der Waals surface area (Å²) in [7, 11) is 0. The molecule has 1 amide bonds. The molecule has 0 spiro atoms. The lowest BCUT2D eigenvalue weighted by molar-refractivity contribution is 0.0945. The van der Waals surface area contributed by atoms with Gasteiger partial charge in [0.2, 0.25) is 0 Å². The molecule has 7 heteroatoms. The topological polar surface area (TPSA) is 66.9 Å². The molecule has 2 rings (SSSR count). The number of rotatable bonds is 5. The fourth-order valence-electron chi connectivity index (χ4n) is 1.65. The molecular formula is C14H14F2N4O. The van der Waals surface area contributed by atoms with E-state index in [2.05, 4.69) is 20.6 Å². The van der Waals surface area contributed by atoms with Crippen molar-refractivity contribution < 1.29 is 13.6 Å². The number of anilines is 1. The second-order valence-electron chi connectivity index (χ2n) is 4.24. The highest BCUT2D eigenvalue weighted by molar-refractivity contribution is 5.91. The SMILES string of the molecule is CCNc1cnc(C(=O)NCc2ccc(F)cc2F)cn1. The van der Waals surface area contributed by atoms with Gasteiger partial charge in [0.1, 0.15) is 23.1 Å². The molecule has 0 saturated carbocycles. The Kier molecular flexibility index (Phi) is 4.76. The van der Waals surface area contributed by atoms with Crippen molar-refractivity contribution in [1.29, 1.82) is 0 Å². The lowest BCUT2D eigenvalue weighted by Crippen LogP contribution is -2.24. The number of amides is 1. The van der Waals surface area contributed by atoms with Crippen molar-refractivity contribution in [3.8, 4) is 0 Å². The van der Waals surface area contributed by atoms with Gasteiger partial charge in [0.05, 0.1) is 12.4 Å². The highest BCUT2D eigenvalue weighted by Gasteiger charge is 2.10. The van der Waals surface area contributed by atoms with Crippen LogP contribution in [-0.4, -0.2) is 22.4 Å². The fourth-order valence-corrected chi connectivity index (χ4v) is 1.65. The van der Waals surface area contributed by atoms with Crippen molar-refractivity contribution in [2.24, 2.45) is 0 Å². The summed E-state index contributed by atoms with van der Waals surface area (Å²) in [5.74, 6) is -1.27. The number of aromatic nitrogens is 2. The van der Waals surface area contributed by atoms with Crippen molar-refractivity contribution >= 4 is 11.7 Å². The van der Waals surface area contributed by atoms with Crippen LogP contribution >= 0.6 is 0 Å². The number of nitrogens with one attached hydrogen (secondary N) is 2. The van der Waals surface area contributed by atoms with Gasteiger partial charge in [0, 0.05) is 24.7 Å². The second kappa shape index (κ2) is 6.74. The molecule has 21 heavy (non-hydrogen) atoms. The van der Waals surface area contributed by atoms with Crippen molar-refractivity contribution in [2.75, 3.05) is 11.9 Å². The fraction of sp³-hybridized carbons (Fsp3) is 0.214. The van der Waals surface area contributed by atoms with E-state index in [1.54, 1.807) is 0 Å². The van der Waals surface area contributed by atoms with E-state index in [1.165, 1.54) is 18.5 Å². The molecule has 1 aromatic carbocycles. The van der Waals surface area contributed by atoms with Gasteiger partial charge < -0.3 is 10.6 Å². The van der Waals surface area contributed by atoms with E-state index in [0.29, 0.717) is 12.4 Å². The molecule has 1 heterocycles. The van der Waals surface area contributed by atoms with Gasteiger partial charge in [-0.25, -0.2) is 18.7 Å². The summed E-state index contributed by atoms with van der Waals surface area (Å²) in [4.78, 5) is 19.8. The number of halogens is 2. The first-order chi connectivity index (χ1) is 10.1. The molecule has 0 atom stereocenters. The summed E-state index contributed by atoms with van der Waals surface area (Å²) in [6.45, 7) is 2.56. The van der Waals surface area contributed by atoms with Crippen LogP contribution in [-0.2, 0) is 6.54 Å². The van der Waals surface area contributed by atoms with Crippen molar-refractivity contribution in [3.63, 3.8) is 0 Å². The molecule has 0 aliphatic rings. The monoisotopic (exact) mass is 292 g/mol. The minimum atomic E-state index is -0.705. The molecule has 1 aromatic heterocycles. The van der Waals surface area contributed by atoms with Crippen LogP contribution in [0.15, 0.2) is 30.6 Å². The van der Waals surface area contributed by atoms with Gasteiger partial charge in [-0.05, 0) is 13.0 Å². The first kappa shape index (κ1) is 14.8. The average molecular weight is 292 g/mol. The van der Waals surface area contributed by atoms with Crippen LogP contribution in [0.4, 0.5) is 14.6 Å². The first-order valence-electron chi connectivity index (χ1n) is 6.38. The van der Waals surface area contributed by atoms with Crippen molar-refractivity contribution in [1.82, 2.24) is 15.3 Å². The number of hydrogen-bond acceptors (Lipinski definition) is 4. The maximum atomic E-state index is 13.4. The number of hydrogen-bond donors (Lipinski definition) is 2. The zero-order valence-corrected chi connectivity index (χ0v) is 11.4. The predicted octanol–water partition coefficient (Wildman–Crippen LogP) is 2.12. The number of carbonyl (C=O) groups excluding carboxylic acids is 1. The predicted molar refractivity (Wildman–Crippen MR) is 73.7 cm³/mol. The summed E-state index contributed by atoms with van der Waals surface area (Å²) >= 11 is 0. The zero-order chi connectivity index (χ0) is 15.2. The van der Waals surface area contributed by atoms with E-state index in [1.807, 2.05) is 6.92 Å². The summed E-state index contributed by atoms with van der Waals surface area (Å²) in [6, 6.07) is 3.19. The van der Waals surface area contributed by atoms with E-state index in [4.69, 9.17) is 0 Å². The molecule has 0 saturated heterocycles. The van der Waals surface area contributed by atoms with E-state index < -0.39 is 17.5 Å². The molecule has 2 aromatic rings. The molecule has 0 aliphatic heterocycles. The Balaban J connectivity index is 1.98. The molecule has 5 nitrogen and oxygen atoms in total. The molecule has 0 aliphatic carbocycles. The van der Waals surface area contributed by atoms with Crippen LogP contribution in [0.25, 0.3) is 0 Å². The Morgan fingerprint density at radius 1 is 1.24 bits per heavy atom. The Hall–Kier alpha value is -2.57. The highest BCUT2D eigenvalue weighted by atomic mass is 19.1. The minimum absolute atomic E-state index is 0.0540. The third kappa shape index (κ3) is 3.95. The molecule has 2 N–H and O–H groups in total. The van der Waals surface area contributed by atoms with Crippen LogP contribution in [0.1, 0.15) is 23.0 Å². The summed E-state index contributed by atoms with van der Waals surface area (Å²) < 4.78 is 26.2. The standard InChI is InChI=1S/C14H14F2N4O/c1-2-17-13-8-18-12(7-19-13)14(21)20-6-9-3-4-10(15)5-11(9)16/h3-5,7-8H,2,6H2,1H3,(H,17,19)(H,20,21). The van der Waals surface area contributed by atoms with Crippen LogP contribution in [0.5, 0.6) is 0 Å². The summed E-state index contributed by atoms with van der Waals surface area (Å²) in [5, 5.41) is 5.46. The lowest BCUT2D eigenvalue weighted by atomic mass is 10.2. The maximum absolute atomic E-state index is 13.4. The van der Waals surface area contributed by atoms with E-state index in [-0.39, 0.29) is 17.8 Å². The van der Waals surface area contributed by atoms with Gasteiger partial charge in [0.25, 0.3) is 5.91 Å². The summed E-state index contributed by atoms with van der Waals surface area (Å²) in [6.07, 6.45) is 2.77. The van der Waals surface area contributed by atoms with Gasteiger partial charge in [-0.15, -0.1) is 0 Å². The number of nitrogens with zero attached hydrogens (tertiary/aromatic N) is 2. The largest absolute Gasteiger partial charge is 0.369 e. The molecule has 0 unspecified atom stereocenters. The van der Waals surface area contributed by atoms with Crippen molar-refractivity contribution in [3.05, 3.63) is 53.5 Å². The van der Waals surface area contributed by atoms with Gasteiger partial charge in [0.15, 0.2) is 0 Å². The molecule has 0 fully saturated rings. The van der Waals surface area contributed by atoms with Crippen LogP contribution in [0.3, 0.4) is 0 Å². The normalized spacial score (nSPS) is 10.2. The van der Waals surface area contributed by atoms with E-state index >= 15 is 0 Å². The Morgan fingerprint density at radius 3 is 2.67 bits per heavy atom. The van der Waals surface area contributed by atoms with Crippen molar-refractivity contribution in [2.45, 2.75) is 13.5 Å². The second-order valence-corrected chi connectivity index (χ2v) is 4.24. The Bertz CT molecular complexity index is 631. The molecule has 0 bridgehead atoms. The zero-order valence-electron chi connectivity index (χ0n) is 11.4. The molecular weight excluding hydrogens is 278 g/mol. The quantitative estimate of drug-likeness (QED) is 0.886. The van der Waals surface area contributed by atoms with Crippen LogP contribution < -0.4 is 10.6 Å². The van der Waals surface area contributed by atoms with Gasteiger partial charge in [-0.3, -0.25) is 4.79 Å². The number of benzene rings is 1. The smallest absolute Gasteiger partial charge is 0.271 e. The average Bonchev–Trinajstić information content (AvgIpc) is 2.47. The Morgan fingerprint density at radius 2 is 2.05 bits per heavy atom.